The van der Waals surface area contributed by atoms with E-state index in [4.69, 9.17) is 14.2 Å². The number of hydrogen-bond acceptors (Lipinski definition) is 6. The standard InChI is InChI=1S/C48H92O6/c1-4-7-10-13-16-19-22-24-27-29-32-35-38-41-47(50)53-44-45(54-48(51)42-39-36-33-30-25-21-18-15-12-9-6-3)43-52-46(49)40-37-34-31-28-26-23-20-17-14-11-8-5-2/h45H,4-44H2,1-3H3/t45-/m0/s1. The molecule has 0 aliphatic rings. The molecule has 0 aliphatic carbocycles. The molecule has 0 aromatic carbocycles. The van der Waals surface area contributed by atoms with Gasteiger partial charge in [-0.15, -0.1) is 0 Å². The van der Waals surface area contributed by atoms with E-state index in [9.17, 15) is 14.4 Å². The van der Waals surface area contributed by atoms with Gasteiger partial charge in [-0.3, -0.25) is 14.4 Å². The highest BCUT2D eigenvalue weighted by atomic mass is 16.6. The molecule has 0 unspecified atom stereocenters. The first kappa shape index (κ1) is 52.4. The summed E-state index contributed by atoms with van der Waals surface area (Å²) in [7, 11) is 0. The highest BCUT2D eigenvalue weighted by Gasteiger charge is 2.19. The number of hydrogen-bond donors (Lipinski definition) is 0. The number of ether oxygens (including phenoxy) is 3. The van der Waals surface area contributed by atoms with Crippen molar-refractivity contribution in [2.24, 2.45) is 0 Å². The summed E-state index contributed by atoms with van der Waals surface area (Å²) >= 11 is 0. The van der Waals surface area contributed by atoms with Gasteiger partial charge < -0.3 is 14.2 Å². The fraction of sp³-hybridized carbons (Fsp3) is 0.938. The first-order chi connectivity index (χ1) is 26.5. The summed E-state index contributed by atoms with van der Waals surface area (Å²) in [5.41, 5.74) is 0. The van der Waals surface area contributed by atoms with Crippen molar-refractivity contribution in [2.45, 2.75) is 277 Å². The van der Waals surface area contributed by atoms with Crippen LogP contribution in [0.15, 0.2) is 0 Å². The van der Waals surface area contributed by atoms with E-state index in [1.54, 1.807) is 0 Å². The van der Waals surface area contributed by atoms with Crippen LogP contribution in [0.25, 0.3) is 0 Å². The van der Waals surface area contributed by atoms with Crippen LogP contribution in [-0.4, -0.2) is 37.2 Å². The van der Waals surface area contributed by atoms with E-state index in [2.05, 4.69) is 20.8 Å². The van der Waals surface area contributed by atoms with Crippen LogP contribution in [0, 0.1) is 0 Å². The minimum atomic E-state index is -0.758. The molecule has 0 saturated heterocycles. The Balaban J connectivity index is 4.31. The molecule has 0 saturated carbocycles. The van der Waals surface area contributed by atoms with Gasteiger partial charge in [0.05, 0.1) is 0 Å². The third-order valence-corrected chi connectivity index (χ3v) is 10.9. The van der Waals surface area contributed by atoms with Crippen LogP contribution in [0.3, 0.4) is 0 Å². The molecule has 0 fully saturated rings. The molecule has 320 valence electrons. The lowest BCUT2D eigenvalue weighted by Gasteiger charge is -2.18. The molecule has 1 atom stereocenters. The van der Waals surface area contributed by atoms with E-state index in [0.29, 0.717) is 19.3 Å². The lowest BCUT2D eigenvalue weighted by molar-refractivity contribution is -0.167. The van der Waals surface area contributed by atoms with Crippen molar-refractivity contribution < 1.29 is 28.6 Å². The molecule has 0 N–H and O–H groups in total. The van der Waals surface area contributed by atoms with E-state index in [1.165, 1.54) is 173 Å². The fourth-order valence-electron chi connectivity index (χ4n) is 7.21. The summed E-state index contributed by atoms with van der Waals surface area (Å²) in [6.45, 7) is 6.65. The summed E-state index contributed by atoms with van der Waals surface area (Å²) < 4.78 is 16.7. The van der Waals surface area contributed by atoms with Gasteiger partial charge in [0.15, 0.2) is 6.10 Å². The normalized spacial score (nSPS) is 11.8. The first-order valence-electron chi connectivity index (χ1n) is 24.0. The van der Waals surface area contributed by atoms with Gasteiger partial charge in [0, 0.05) is 19.3 Å². The number of carbonyl (C=O) groups is 3. The summed E-state index contributed by atoms with van der Waals surface area (Å²) in [5, 5.41) is 0. The van der Waals surface area contributed by atoms with Gasteiger partial charge in [-0.05, 0) is 19.3 Å². The second-order valence-electron chi connectivity index (χ2n) is 16.4. The largest absolute Gasteiger partial charge is 0.462 e. The van der Waals surface area contributed by atoms with E-state index < -0.39 is 6.10 Å². The average molecular weight is 765 g/mol. The molecule has 6 heteroatoms. The molecule has 0 aromatic rings. The van der Waals surface area contributed by atoms with Gasteiger partial charge in [-0.2, -0.15) is 0 Å². The van der Waals surface area contributed by atoms with Gasteiger partial charge >= 0.3 is 17.9 Å². The third kappa shape index (κ3) is 41.6. The Bertz CT molecular complexity index is 798. The highest BCUT2D eigenvalue weighted by Crippen LogP contribution is 2.16. The zero-order chi connectivity index (χ0) is 39.4. The minimum Gasteiger partial charge on any atom is -0.462 e. The molecule has 0 amide bonds. The van der Waals surface area contributed by atoms with E-state index in [-0.39, 0.29) is 31.1 Å². The average Bonchev–Trinajstić information content (AvgIpc) is 3.17. The molecule has 0 aliphatic heterocycles. The lowest BCUT2D eigenvalue weighted by Crippen LogP contribution is -2.30. The highest BCUT2D eigenvalue weighted by molar-refractivity contribution is 5.71. The molecule has 0 aromatic heterocycles. The topological polar surface area (TPSA) is 78.9 Å². The monoisotopic (exact) mass is 765 g/mol. The second-order valence-corrected chi connectivity index (χ2v) is 16.4. The first-order valence-corrected chi connectivity index (χ1v) is 24.0. The zero-order valence-corrected chi connectivity index (χ0v) is 36.5. The fourth-order valence-corrected chi connectivity index (χ4v) is 7.21. The van der Waals surface area contributed by atoms with Crippen molar-refractivity contribution in [2.75, 3.05) is 13.2 Å². The molecule has 54 heavy (non-hydrogen) atoms. The van der Waals surface area contributed by atoms with Crippen molar-refractivity contribution in [3.63, 3.8) is 0 Å². The molecule has 0 heterocycles. The lowest BCUT2D eigenvalue weighted by atomic mass is 10.0. The molecule has 6 nitrogen and oxygen atoms in total. The Labute approximate surface area is 336 Å². The van der Waals surface area contributed by atoms with Crippen LogP contribution in [-0.2, 0) is 28.6 Å². The Morgan fingerprint density at radius 2 is 0.500 bits per heavy atom. The van der Waals surface area contributed by atoms with Crippen LogP contribution < -0.4 is 0 Å². The van der Waals surface area contributed by atoms with Crippen LogP contribution in [0.5, 0.6) is 0 Å². The van der Waals surface area contributed by atoms with Crippen LogP contribution in [0.2, 0.25) is 0 Å². The Hall–Kier alpha value is -1.59. The van der Waals surface area contributed by atoms with E-state index >= 15 is 0 Å². The number of rotatable bonds is 44. The van der Waals surface area contributed by atoms with Crippen molar-refractivity contribution >= 4 is 17.9 Å². The smallest absolute Gasteiger partial charge is 0.306 e. The van der Waals surface area contributed by atoms with Gasteiger partial charge in [-0.1, -0.05) is 233 Å². The van der Waals surface area contributed by atoms with Crippen LogP contribution >= 0.6 is 0 Å². The summed E-state index contributed by atoms with van der Waals surface area (Å²) in [6.07, 6.45) is 45.0. The quantitative estimate of drug-likeness (QED) is 0.0349. The summed E-state index contributed by atoms with van der Waals surface area (Å²) in [4.78, 5) is 37.7. The molecular weight excluding hydrogens is 673 g/mol. The maximum atomic E-state index is 12.7. The predicted molar refractivity (Wildman–Crippen MR) is 229 cm³/mol. The van der Waals surface area contributed by atoms with E-state index in [0.717, 1.165) is 57.8 Å². The SMILES string of the molecule is CCCCCCCCCCCCCCCC(=O)OC[C@H](COC(=O)CCCCCCCCCCCCCC)OC(=O)CCCCCCCCCCCCC. The van der Waals surface area contributed by atoms with Crippen molar-refractivity contribution in [1.29, 1.82) is 0 Å². The third-order valence-electron chi connectivity index (χ3n) is 10.9. The Kier molecular flexibility index (Phi) is 42.8. The number of esters is 3. The molecule has 0 rings (SSSR count). The Morgan fingerprint density at radius 3 is 0.741 bits per heavy atom. The Morgan fingerprint density at radius 1 is 0.296 bits per heavy atom. The molecule has 0 spiro atoms. The zero-order valence-electron chi connectivity index (χ0n) is 36.5. The van der Waals surface area contributed by atoms with Crippen LogP contribution in [0.1, 0.15) is 271 Å². The molecule has 0 radical (unpaired) electrons. The predicted octanol–water partition coefficient (Wildman–Crippen LogP) is 15.3. The van der Waals surface area contributed by atoms with Gasteiger partial charge in [0.1, 0.15) is 13.2 Å². The van der Waals surface area contributed by atoms with Gasteiger partial charge in [0.25, 0.3) is 0 Å². The molecule has 0 bridgehead atoms. The molecular formula is C48H92O6. The van der Waals surface area contributed by atoms with E-state index in [1.807, 2.05) is 0 Å². The van der Waals surface area contributed by atoms with Crippen molar-refractivity contribution in [1.82, 2.24) is 0 Å². The summed E-state index contributed by atoms with van der Waals surface area (Å²) in [6, 6.07) is 0. The number of unbranched alkanes of at least 4 members (excludes halogenated alkanes) is 33. The van der Waals surface area contributed by atoms with Gasteiger partial charge in [0.2, 0.25) is 0 Å². The van der Waals surface area contributed by atoms with Crippen molar-refractivity contribution in [3.05, 3.63) is 0 Å². The number of carbonyl (C=O) groups excluding carboxylic acids is 3. The van der Waals surface area contributed by atoms with Gasteiger partial charge in [-0.25, -0.2) is 0 Å². The maximum Gasteiger partial charge on any atom is 0.306 e. The summed E-state index contributed by atoms with van der Waals surface area (Å²) in [5.74, 6) is -0.848. The van der Waals surface area contributed by atoms with Crippen molar-refractivity contribution in [3.8, 4) is 0 Å². The minimum absolute atomic E-state index is 0.0623. The second kappa shape index (κ2) is 44.1. The maximum absolute atomic E-state index is 12.7. The van der Waals surface area contributed by atoms with Crippen LogP contribution in [0.4, 0.5) is 0 Å².